The van der Waals surface area contributed by atoms with Gasteiger partial charge in [0.2, 0.25) is 0 Å². The van der Waals surface area contributed by atoms with E-state index in [9.17, 15) is 0 Å². The van der Waals surface area contributed by atoms with Gasteiger partial charge >= 0.3 is 0 Å². The van der Waals surface area contributed by atoms with Gasteiger partial charge < -0.3 is 10.6 Å². The summed E-state index contributed by atoms with van der Waals surface area (Å²) >= 11 is 4.99. The summed E-state index contributed by atoms with van der Waals surface area (Å²) in [5.41, 5.74) is 0. The number of hydrogen-bond donors (Lipinski definition) is 2. The van der Waals surface area contributed by atoms with Crippen molar-refractivity contribution in [1.29, 1.82) is 0 Å². The van der Waals surface area contributed by atoms with Gasteiger partial charge in [0.1, 0.15) is 0 Å². The van der Waals surface area contributed by atoms with Crippen LogP contribution in [0.5, 0.6) is 0 Å². The maximum atomic E-state index is 4.99. The molecule has 2 N–H and O–H groups in total. The fourth-order valence-corrected chi connectivity index (χ4v) is 4.66. The van der Waals surface area contributed by atoms with Crippen molar-refractivity contribution < 1.29 is 0 Å². The Hall–Kier alpha value is 0.390. The molecule has 5 heteroatoms. The molecule has 0 aromatic heterocycles. The molecule has 2 nitrogen and oxygen atoms in total. The lowest BCUT2D eigenvalue weighted by atomic mass is 10.1. The summed E-state index contributed by atoms with van der Waals surface area (Å²) in [5, 5.41) is 7.78. The van der Waals surface area contributed by atoms with Crippen LogP contribution in [0.2, 0.25) is 0 Å². The van der Waals surface area contributed by atoms with Gasteiger partial charge in [0.15, 0.2) is 5.11 Å². The van der Waals surface area contributed by atoms with E-state index in [1.54, 1.807) is 0 Å². The summed E-state index contributed by atoms with van der Waals surface area (Å²) in [4.78, 5) is 0. The van der Waals surface area contributed by atoms with E-state index in [4.69, 9.17) is 12.2 Å². The van der Waals surface area contributed by atoms with Gasteiger partial charge in [0, 0.05) is 24.6 Å². The summed E-state index contributed by atoms with van der Waals surface area (Å²) in [6.07, 6.45) is 6.73. The molecule has 1 fully saturated rings. The van der Waals surface area contributed by atoms with Crippen molar-refractivity contribution in [3.05, 3.63) is 0 Å². The summed E-state index contributed by atoms with van der Waals surface area (Å²) in [6.45, 7) is 1.01. The molecule has 1 unspecified atom stereocenters. The Balaban J connectivity index is 1.82. The lowest BCUT2D eigenvalue weighted by Crippen LogP contribution is -2.32. The van der Waals surface area contributed by atoms with Crippen LogP contribution in [0.25, 0.3) is 0 Å². The summed E-state index contributed by atoms with van der Waals surface area (Å²) in [5.74, 6) is 1.35. The van der Waals surface area contributed by atoms with Crippen LogP contribution in [0.1, 0.15) is 32.1 Å². The van der Waals surface area contributed by atoms with Crippen LogP contribution >= 0.6 is 33.8 Å². The zero-order chi connectivity index (χ0) is 10.9. The highest BCUT2D eigenvalue weighted by molar-refractivity contribution is 8.77. The second kappa shape index (κ2) is 8.53. The summed E-state index contributed by atoms with van der Waals surface area (Å²) in [6, 6.07) is 0. The van der Waals surface area contributed by atoms with Gasteiger partial charge in [-0.1, -0.05) is 34.4 Å². The highest BCUT2D eigenvalue weighted by Gasteiger charge is 2.15. The Morgan fingerprint density at radius 1 is 1.40 bits per heavy atom. The van der Waals surface area contributed by atoms with Crippen molar-refractivity contribution in [3.63, 3.8) is 0 Å². The minimum atomic E-state index is 0.762. The fraction of sp³-hybridized carbons (Fsp3) is 0.900. The number of thiocarbonyl (C=S) groups is 1. The van der Waals surface area contributed by atoms with Gasteiger partial charge in [0.05, 0.1) is 0 Å². The molecule has 1 rings (SSSR count). The third kappa shape index (κ3) is 6.53. The van der Waals surface area contributed by atoms with Crippen molar-refractivity contribution in [1.82, 2.24) is 10.6 Å². The maximum Gasteiger partial charge on any atom is 0.166 e. The molecule has 1 aliphatic rings. The van der Waals surface area contributed by atoms with Gasteiger partial charge in [-0.25, -0.2) is 0 Å². The van der Waals surface area contributed by atoms with E-state index >= 15 is 0 Å². The molecule has 0 aromatic rings. The number of nitrogens with one attached hydrogen (secondary N) is 2. The Labute approximate surface area is 106 Å². The SMILES string of the molecule is CNC(=S)NCCCCCC1CCSS1. The Bertz CT molecular complexity index is 182. The second-order valence-electron chi connectivity index (χ2n) is 3.68. The lowest BCUT2D eigenvalue weighted by molar-refractivity contribution is 0.614. The first-order valence-corrected chi connectivity index (χ1v) is 8.36. The number of hydrogen-bond acceptors (Lipinski definition) is 3. The quantitative estimate of drug-likeness (QED) is 0.436. The minimum Gasteiger partial charge on any atom is -0.366 e. The van der Waals surface area contributed by atoms with E-state index in [-0.39, 0.29) is 0 Å². The van der Waals surface area contributed by atoms with Crippen LogP contribution in [0, 0.1) is 0 Å². The first-order chi connectivity index (χ1) is 7.33. The molecule has 0 saturated carbocycles. The largest absolute Gasteiger partial charge is 0.366 e. The summed E-state index contributed by atoms with van der Waals surface area (Å²) in [7, 11) is 5.97. The Morgan fingerprint density at radius 3 is 2.93 bits per heavy atom. The van der Waals surface area contributed by atoms with Gasteiger partial charge in [-0.05, 0) is 31.5 Å². The minimum absolute atomic E-state index is 0.762. The van der Waals surface area contributed by atoms with E-state index in [1.165, 1.54) is 37.9 Å². The molecule has 15 heavy (non-hydrogen) atoms. The average Bonchev–Trinajstić information content (AvgIpc) is 2.75. The standard InChI is InChI=1S/C10H20N2S3/c1-11-10(13)12-7-4-2-3-5-9-6-8-14-15-9/h9H,2-8H2,1H3,(H2,11,12,13). The molecule has 0 aliphatic carbocycles. The van der Waals surface area contributed by atoms with Gasteiger partial charge in [-0.15, -0.1) is 0 Å². The zero-order valence-electron chi connectivity index (χ0n) is 9.25. The van der Waals surface area contributed by atoms with E-state index in [2.05, 4.69) is 21.4 Å². The Morgan fingerprint density at radius 2 is 2.27 bits per heavy atom. The van der Waals surface area contributed by atoms with Crippen LogP contribution in [0.4, 0.5) is 0 Å². The molecule has 0 amide bonds. The lowest BCUT2D eigenvalue weighted by Gasteiger charge is -2.08. The van der Waals surface area contributed by atoms with E-state index < -0.39 is 0 Å². The first kappa shape index (κ1) is 13.5. The van der Waals surface area contributed by atoms with Crippen LogP contribution in [-0.4, -0.2) is 29.7 Å². The van der Waals surface area contributed by atoms with Crippen molar-refractivity contribution in [2.45, 2.75) is 37.4 Å². The van der Waals surface area contributed by atoms with E-state index in [1.807, 2.05) is 17.8 Å². The molecule has 0 radical (unpaired) electrons. The molecule has 1 aliphatic heterocycles. The molecule has 88 valence electrons. The molecule has 0 aromatic carbocycles. The van der Waals surface area contributed by atoms with Crippen LogP contribution < -0.4 is 10.6 Å². The van der Waals surface area contributed by atoms with Crippen molar-refractivity contribution >= 4 is 38.9 Å². The molecule has 1 heterocycles. The number of unbranched alkanes of at least 4 members (excludes halogenated alkanes) is 2. The maximum absolute atomic E-state index is 4.99. The Kier molecular flexibility index (Phi) is 7.65. The fourth-order valence-electron chi connectivity index (χ4n) is 1.53. The van der Waals surface area contributed by atoms with Crippen molar-refractivity contribution in [2.75, 3.05) is 19.3 Å². The molecule has 1 atom stereocenters. The van der Waals surface area contributed by atoms with E-state index in [0.717, 1.165) is 16.9 Å². The molecular weight excluding hydrogens is 244 g/mol. The average molecular weight is 264 g/mol. The molecular formula is C10H20N2S3. The first-order valence-electron chi connectivity index (χ1n) is 5.57. The van der Waals surface area contributed by atoms with Gasteiger partial charge in [-0.3, -0.25) is 0 Å². The van der Waals surface area contributed by atoms with E-state index in [0.29, 0.717) is 0 Å². The summed E-state index contributed by atoms with van der Waals surface area (Å²) < 4.78 is 0. The second-order valence-corrected chi connectivity index (χ2v) is 6.88. The van der Waals surface area contributed by atoms with Crippen LogP contribution in [0.3, 0.4) is 0 Å². The molecule has 0 spiro atoms. The van der Waals surface area contributed by atoms with Crippen molar-refractivity contribution in [2.24, 2.45) is 0 Å². The third-order valence-corrected chi connectivity index (χ3v) is 5.80. The topological polar surface area (TPSA) is 24.1 Å². The third-order valence-electron chi connectivity index (χ3n) is 2.44. The van der Waals surface area contributed by atoms with Crippen LogP contribution in [0.15, 0.2) is 0 Å². The monoisotopic (exact) mass is 264 g/mol. The van der Waals surface area contributed by atoms with Gasteiger partial charge in [-0.2, -0.15) is 0 Å². The predicted octanol–water partition coefficient (Wildman–Crippen LogP) is 2.79. The van der Waals surface area contributed by atoms with Crippen LogP contribution in [-0.2, 0) is 0 Å². The number of rotatable bonds is 6. The normalized spacial score (nSPS) is 20.2. The molecule has 1 saturated heterocycles. The predicted molar refractivity (Wildman–Crippen MR) is 76.6 cm³/mol. The zero-order valence-corrected chi connectivity index (χ0v) is 11.7. The smallest absolute Gasteiger partial charge is 0.166 e. The van der Waals surface area contributed by atoms with Crippen molar-refractivity contribution in [3.8, 4) is 0 Å². The highest BCUT2D eigenvalue weighted by Crippen LogP contribution is 2.39. The van der Waals surface area contributed by atoms with Gasteiger partial charge in [0.25, 0.3) is 0 Å². The molecule has 0 bridgehead atoms. The highest BCUT2D eigenvalue weighted by atomic mass is 33.1.